The van der Waals surface area contributed by atoms with Gasteiger partial charge in [-0.25, -0.2) is 0 Å². The Morgan fingerprint density at radius 1 is 1.40 bits per heavy atom. The minimum Gasteiger partial charge on any atom is -0.364 e. The van der Waals surface area contributed by atoms with Crippen LogP contribution in [0.15, 0.2) is 46.0 Å². The molecule has 0 fully saturated rings. The maximum Gasteiger partial charge on any atom is 0.124 e. The van der Waals surface area contributed by atoms with Gasteiger partial charge in [-0.05, 0) is 18.2 Å². The molecule has 0 atom stereocenters. The largest absolute Gasteiger partial charge is 0.364 e. The summed E-state index contributed by atoms with van der Waals surface area (Å²) in [6.07, 6.45) is 1.56. The Bertz CT molecular complexity index is 474. The van der Waals surface area contributed by atoms with Gasteiger partial charge >= 0.3 is 0 Å². The van der Waals surface area contributed by atoms with Crippen molar-refractivity contribution in [2.45, 2.75) is 10.6 Å². The van der Waals surface area contributed by atoms with Gasteiger partial charge in [-0.1, -0.05) is 11.2 Å². The number of aromatic nitrogens is 1. The van der Waals surface area contributed by atoms with E-state index in [2.05, 4.69) is 11.2 Å². The van der Waals surface area contributed by atoms with Gasteiger partial charge in [0.1, 0.15) is 6.26 Å². The zero-order valence-corrected chi connectivity index (χ0v) is 8.70. The van der Waals surface area contributed by atoms with Crippen LogP contribution in [-0.2, 0) is 5.75 Å². The average molecular weight is 216 g/mol. The van der Waals surface area contributed by atoms with E-state index in [0.29, 0.717) is 5.56 Å². The highest BCUT2D eigenvalue weighted by atomic mass is 32.2. The van der Waals surface area contributed by atoms with Crippen molar-refractivity contribution in [3.05, 3.63) is 47.9 Å². The van der Waals surface area contributed by atoms with Crippen LogP contribution in [0.2, 0.25) is 0 Å². The first-order chi connectivity index (χ1) is 7.38. The summed E-state index contributed by atoms with van der Waals surface area (Å²) in [4.78, 5) is 1.07. The molecule has 0 aliphatic heterocycles. The molecule has 0 saturated heterocycles. The Balaban J connectivity index is 2.02. The molecule has 0 radical (unpaired) electrons. The molecule has 0 unspecified atom stereocenters. The van der Waals surface area contributed by atoms with Crippen LogP contribution in [0.4, 0.5) is 0 Å². The topological polar surface area (TPSA) is 49.8 Å². The quantitative estimate of drug-likeness (QED) is 0.740. The van der Waals surface area contributed by atoms with Crippen LogP contribution in [0, 0.1) is 11.3 Å². The first-order valence-electron chi connectivity index (χ1n) is 4.41. The molecule has 0 saturated carbocycles. The highest BCUT2D eigenvalue weighted by Gasteiger charge is 1.99. The molecular weight excluding hydrogens is 208 g/mol. The summed E-state index contributed by atoms with van der Waals surface area (Å²) in [6.45, 7) is 0. The molecule has 0 N–H and O–H groups in total. The van der Waals surface area contributed by atoms with E-state index < -0.39 is 0 Å². The molecule has 15 heavy (non-hydrogen) atoms. The predicted molar refractivity (Wildman–Crippen MR) is 57.2 cm³/mol. The molecule has 0 amide bonds. The lowest BCUT2D eigenvalue weighted by molar-refractivity contribution is 0.414. The third-order valence-corrected chi connectivity index (χ3v) is 2.87. The van der Waals surface area contributed by atoms with Crippen molar-refractivity contribution in [1.29, 1.82) is 5.26 Å². The van der Waals surface area contributed by atoms with Crippen LogP contribution < -0.4 is 0 Å². The monoisotopic (exact) mass is 216 g/mol. The van der Waals surface area contributed by atoms with E-state index in [1.54, 1.807) is 24.1 Å². The molecule has 3 nitrogen and oxygen atoms in total. The third-order valence-electron chi connectivity index (χ3n) is 1.84. The molecule has 1 aromatic heterocycles. The van der Waals surface area contributed by atoms with Crippen molar-refractivity contribution >= 4 is 11.8 Å². The van der Waals surface area contributed by atoms with Crippen molar-refractivity contribution in [1.82, 2.24) is 5.16 Å². The Labute approximate surface area is 91.7 Å². The Kier molecular flexibility index (Phi) is 3.05. The normalized spacial score (nSPS) is 9.80. The molecule has 0 aliphatic rings. The van der Waals surface area contributed by atoms with Crippen molar-refractivity contribution in [3.63, 3.8) is 0 Å². The van der Waals surface area contributed by atoms with E-state index in [4.69, 9.17) is 9.78 Å². The van der Waals surface area contributed by atoms with Gasteiger partial charge in [-0.15, -0.1) is 11.8 Å². The summed E-state index contributed by atoms with van der Waals surface area (Å²) in [7, 11) is 0. The van der Waals surface area contributed by atoms with Gasteiger partial charge in [-0.2, -0.15) is 5.26 Å². The van der Waals surface area contributed by atoms with Gasteiger partial charge in [0.05, 0.1) is 17.3 Å². The van der Waals surface area contributed by atoms with Crippen LogP contribution in [0.1, 0.15) is 11.3 Å². The van der Waals surface area contributed by atoms with E-state index in [0.717, 1.165) is 16.3 Å². The Hall–Kier alpha value is -1.73. The lowest BCUT2D eigenvalue weighted by Crippen LogP contribution is -1.80. The molecule has 0 spiro atoms. The molecule has 4 heteroatoms. The molecule has 2 rings (SSSR count). The zero-order valence-electron chi connectivity index (χ0n) is 7.88. The summed E-state index contributed by atoms with van der Waals surface area (Å²) in [5, 5.41) is 12.5. The summed E-state index contributed by atoms with van der Waals surface area (Å²) in [5.74, 6) is 0.755. The van der Waals surface area contributed by atoms with E-state index in [-0.39, 0.29) is 0 Å². The lowest BCUT2D eigenvalue weighted by atomic mass is 10.2. The summed E-state index contributed by atoms with van der Waals surface area (Å²) < 4.78 is 4.73. The fourth-order valence-electron chi connectivity index (χ4n) is 1.12. The van der Waals surface area contributed by atoms with Crippen LogP contribution in [0.3, 0.4) is 0 Å². The summed E-state index contributed by atoms with van der Waals surface area (Å²) in [5.41, 5.74) is 1.59. The maximum absolute atomic E-state index is 8.73. The molecular formula is C11H8N2OS. The van der Waals surface area contributed by atoms with E-state index >= 15 is 0 Å². The summed E-state index contributed by atoms with van der Waals surface area (Å²) >= 11 is 1.63. The highest BCUT2D eigenvalue weighted by Crippen LogP contribution is 2.22. The maximum atomic E-state index is 8.73. The van der Waals surface area contributed by atoms with Gasteiger partial charge < -0.3 is 4.52 Å². The molecule has 0 bridgehead atoms. The Morgan fingerprint density at radius 3 is 3.07 bits per heavy atom. The minimum absolute atomic E-state index is 0.681. The first kappa shape index (κ1) is 9.81. The number of rotatable bonds is 3. The van der Waals surface area contributed by atoms with Crippen LogP contribution in [-0.4, -0.2) is 5.16 Å². The molecule has 74 valence electrons. The molecule has 1 heterocycles. The van der Waals surface area contributed by atoms with Crippen LogP contribution in [0.5, 0.6) is 0 Å². The standard InChI is InChI=1S/C11H8N2OS/c12-7-9-2-1-3-11(6-9)15-8-10-4-5-14-13-10/h1-6H,8H2. The fourth-order valence-corrected chi connectivity index (χ4v) is 1.97. The number of hydrogen-bond donors (Lipinski definition) is 0. The van der Waals surface area contributed by atoms with Gasteiger partial charge in [-0.3, -0.25) is 0 Å². The predicted octanol–water partition coefficient (Wildman–Crippen LogP) is 2.84. The first-order valence-corrected chi connectivity index (χ1v) is 5.39. The number of thioether (sulfide) groups is 1. The van der Waals surface area contributed by atoms with Crippen LogP contribution >= 0.6 is 11.8 Å². The van der Waals surface area contributed by atoms with Crippen LogP contribution in [0.25, 0.3) is 0 Å². The van der Waals surface area contributed by atoms with E-state index in [1.165, 1.54) is 0 Å². The highest BCUT2D eigenvalue weighted by molar-refractivity contribution is 7.98. The number of nitriles is 1. The van der Waals surface area contributed by atoms with Crippen molar-refractivity contribution in [2.75, 3.05) is 0 Å². The molecule has 2 aromatic rings. The third kappa shape index (κ3) is 2.61. The van der Waals surface area contributed by atoms with Crippen molar-refractivity contribution in [2.24, 2.45) is 0 Å². The van der Waals surface area contributed by atoms with Gasteiger partial charge in [0.2, 0.25) is 0 Å². The van der Waals surface area contributed by atoms with E-state index in [1.807, 2.05) is 24.3 Å². The fraction of sp³-hybridized carbons (Fsp3) is 0.0909. The SMILES string of the molecule is N#Cc1cccc(SCc2ccon2)c1. The van der Waals surface area contributed by atoms with Gasteiger partial charge in [0, 0.05) is 16.7 Å². The van der Waals surface area contributed by atoms with E-state index in [9.17, 15) is 0 Å². The Morgan fingerprint density at radius 2 is 2.33 bits per heavy atom. The number of hydrogen-bond acceptors (Lipinski definition) is 4. The second kappa shape index (κ2) is 4.67. The van der Waals surface area contributed by atoms with Gasteiger partial charge in [0.15, 0.2) is 0 Å². The summed E-state index contributed by atoms with van der Waals surface area (Å²) in [6, 6.07) is 11.5. The van der Waals surface area contributed by atoms with Crippen molar-refractivity contribution < 1.29 is 4.52 Å². The van der Waals surface area contributed by atoms with Gasteiger partial charge in [0.25, 0.3) is 0 Å². The number of nitrogens with zero attached hydrogens (tertiary/aromatic N) is 2. The molecule has 0 aliphatic carbocycles. The zero-order chi connectivity index (χ0) is 10.5. The van der Waals surface area contributed by atoms with Crippen molar-refractivity contribution in [3.8, 4) is 6.07 Å². The second-order valence-electron chi connectivity index (χ2n) is 2.92. The number of benzene rings is 1. The smallest absolute Gasteiger partial charge is 0.124 e. The average Bonchev–Trinajstić information content (AvgIpc) is 2.79. The molecule has 1 aromatic carbocycles. The lowest BCUT2D eigenvalue weighted by Gasteiger charge is -1.98. The second-order valence-corrected chi connectivity index (χ2v) is 3.97. The minimum atomic E-state index is 0.681.